The number of hydrogen-bond acceptors (Lipinski definition) is 4. The minimum Gasteiger partial charge on any atom is -0.341 e. The van der Waals surface area contributed by atoms with Crippen LogP contribution in [-0.4, -0.2) is 49.2 Å². The lowest BCUT2D eigenvalue weighted by Crippen LogP contribution is -2.47. The molecule has 1 aromatic carbocycles. The molecule has 8 heteroatoms. The van der Waals surface area contributed by atoms with Gasteiger partial charge in [0.15, 0.2) is 0 Å². The van der Waals surface area contributed by atoms with Crippen LogP contribution in [0.2, 0.25) is 5.02 Å². The minimum atomic E-state index is -3.77. The molecule has 6 nitrogen and oxygen atoms in total. The maximum Gasteiger partial charge on any atom is 0.244 e. The van der Waals surface area contributed by atoms with E-state index in [0.717, 1.165) is 12.8 Å². The number of sulfonamides is 1. The number of nitrogens with zero attached hydrogens (tertiary/aromatic N) is 3. The number of amides is 1. The van der Waals surface area contributed by atoms with Crippen molar-refractivity contribution in [3.05, 3.63) is 28.8 Å². The van der Waals surface area contributed by atoms with Crippen molar-refractivity contribution in [2.24, 2.45) is 5.92 Å². The molecule has 2 bridgehead atoms. The van der Waals surface area contributed by atoms with E-state index < -0.39 is 10.0 Å². The highest BCUT2D eigenvalue weighted by Crippen LogP contribution is 2.34. The van der Waals surface area contributed by atoms with E-state index in [1.54, 1.807) is 4.90 Å². The fraction of sp³-hybridized carbons (Fsp3) is 0.500. The van der Waals surface area contributed by atoms with E-state index in [2.05, 4.69) is 0 Å². The van der Waals surface area contributed by atoms with Crippen LogP contribution in [0.1, 0.15) is 25.3 Å². The summed E-state index contributed by atoms with van der Waals surface area (Å²) in [6.07, 6.45) is 1.66. The molecule has 3 saturated heterocycles. The average Bonchev–Trinajstić information content (AvgIpc) is 2.86. The van der Waals surface area contributed by atoms with Crippen LogP contribution in [0.15, 0.2) is 23.1 Å². The number of benzene rings is 1. The Kier molecular flexibility index (Phi) is 4.56. The molecule has 3 fully saturated rings. The maximum atomic E-state index is 13.1. The number of nitriles is 1. The van der Waals surface area contributed by atoms with Crippen LogP contribution >= 0.6 is 11.6 Å². The molecule has 3 heterocycles. The highest BCUT2D eigenvalue weighted by molar-refractivity contribution is 7.89. The number of carbonyl (C=O) groups is 1. The van der Waals surface area contributed by atoms with Gasteiger partial charge < -0.3 is 4.90 Å². The fourth-order valence-corrected chi connectivity index (χ4v) is 5.74. The van der Waals surface area contributed by atoms with E-state index in [9.17, 15) is 13.2 Å². The van der Waals surface area contributed by atoms with E-state index in [-0.39, 0.29) is 27.8 Å². The van der Waals surface area contributed by atoms with Gasteiger partial charge in [-0.3, -0.25) is 4.79 Å². The first-order valence-corrected chi connectivity index (χ1v) is 9.61. The van der Waals surface area contributed by atoms with Crippen LogP contribution in [0.25, 0.3) is 0 Å². The number of halogens is 1. The van der Waals surface area contributed by atoms with Crippen LogP contribution < -0.4 is 0 Å². The van der Waals surface area contributed by atoms with Crippen LogP contribution in [0.3, 0.4) is 0 Å². The zero-order valence-corrected chi connectivity index (χ0v) is 14.8. The Morgan fingerprint density at radius 2 is 2.04 bits per heavy atom. The van der Waals surface area contributed by atoms with E-state index >= 15 is 0 Å². The minimum absolute atomic E-state index is 0.0186. The summed E-state index contributed by atoms with van der Waals surface area (Å²) >= 11 is 6.11. The summed E-state index contributed by atoms with van der Waals surface area (Å²) in [5.74, 6) is 0.113. The second kappa shape index (κ2) is 6.36. The maximum absolute atomic E-state index is 13.1. The van der Waals surface area contributed by atoms with Crippen molar-refractivity contribution < 1.29 is 13.2 Å². The second-order valence-corrected chi connectivity index (χ2v) is 8.62. The van der Waals surface area contributed by atoms with Gasteiger partial charge in [0, 0.05) is 32.6 Å². The van der Waals surface area contributed by atoms with Gasteiger partial charge in [-0.25, -0.2) is 8.42 Å². The summed E-state index contributed by atoms with van der Waals surface area (Å²) in [4.78, 5) is 13.5. The van der Waals surface area contributed by atoms with Crippen LogP contribution in [0, 0.1) is 17.2 Å². The van der Waals surface area contributed by atoms with Gasteiger partial charge in [-0.1, -0.05) is 11.6 Å². The van der Waals surface area contributed by atoms with E-state index in [4.69, 9.17) is 16.9 Å². The standard InChI is InChI=1S/C16H18ClN3O3S/c1-11(21)19-8-13-2-4-14(10-19)20(9-13)24(22,23)16-5-3-12(7-18)6-15(16)17/h3,5-6,13-14H,2,4,8-10H2,1H3/t13-,14+/m1/s1. The van der Waals surface area contributed by atoms with Crippen molar-refractivity contribution in [2.45, 2.75) is 30.7 Å². The lowest BCUT2D eigenvalue weighted by atomic mass is 9.97. The third-order valence-electron chi connectivity index (χ3n) is 4.76. The molecule has 0 aromatic heterocycles. The third kappa shape index (κ3) is 3.02. The highest BCUT2D eigenvalue weighted by Gasteiger charge is 2.42. The molecular formula is C16H18ClN3O3S. The van der Waals surface area contributed by atoms with Gasteiger partial charge >= 0.3 is 0 Å². The summed E-state index contributed by atoms with van der Waals surface area (Å²) in [6.45, 7) is 2.92. The molecule has 2 atom stereocenters. The lowest BCUT2D eigenvalue weighted by Gasteiger charge is -2.35. The molecule has 0 aliphatic carbocycles. The Hall–Kier alpha value is -1.62. The molecule has 4 rings (SSSR count). The SMILES string of the molecule is CC(=O)N1C[C@H]2CC[C@@H](C1)N(S(=O)(=O)c1ccc(C#N)cc1Cl)C2. The lowest BCUT2D eigenvalue weighted by molar-refractivity contribution is -0.129. The Morgan fingerprint density at radius 3 is 2.67 bits per heavy atom. The van der Waals surface area contributed by atoms with Crippen molar-refractivity contribution in [1.82, 2.24) is 9.21 Å². The molecular weight excluding hydrogens is 350 g/mol. The monoisotopic (exact) mass is 367 g/mol. The number of piperidine rings is 1. The Morgan fingerprint density at radius 1 is 1.29 bits per heavy atom. The van der Waals surface area contributed by atoms with Gasteiger partial charge in [-0.15, -0.1) is 0 Å². The first-order valence-electron chi connectivity index (χ1n) is 7.80. The molecule has 0 saturated carbocycles. The largest absolute Gasteiger partial charge is 0.341 e. The van der Waals surface area contributed by atoms with Crippen LogP contribution in [0.5, 0.6) is 0 Å². The first kappa shape index (κ1) is 17.2. The molecule has 1 amide bonds. The van der Waals surface area contributed by atoms with Crippen LogP contribution in [-0.2, 0) is 14.8 Å². The number of fused-ring (bicyclic) bond motifs is 4. The molecule has 3 aliphatic heterocycles. The van der Waals surface area contributed by atoms with Crippen molar-refractivity contribution >= 4 is 27.5 Å². The Balaban J connectivity index is 1.96. The summed E-state index contributed by atoms with van der Waals surface area (Å²) in [6, 6.07) is 5.92. The number of hydrogen-bond donors (Lipinski definition) is 0. The highest BCUT2D eigenvalue weighted by atomic mass is 35.5. The average molecular weight is 368 g/mol. The van der Waals surface area contributed by atoms with Crippen molar-refractivity contribution in [3.8, 4) is 6.07 Å². The third-order valence-corrected chi connectivity index (χ3v) is 7.16. The normalized spacial score (nSPS) is 24.5. The van der Waals surface area contributed by atoms with Gasteiger partial charge in [0.25, 0.3) is 0 Å². The molecule has 0 radical (unpaired) electrons. The Bertz CT molecular complexity index is 818. The predicted molar refractivity (Wildman–Crippen MR) is 88.8 cm³/mol. The number of carbonyl (C=O) groups excluding carboxylic acids is 1. The smallest absolute Gasteiger partial charge is 0.244 e. The van der Waals surface area contributed by atoms with Gasteiger partial charge in [-0.2, -0.15) is 9.57 Å². The van der Waals surface area contributed by atoms with Gasteiger partial charge in [0.2, 0.25) is 15.9 Å². The molecule has 0 spiro atoms. The zero-order valence-electron chi connectivity index (χ0n) is 13.3. The van der Waals surface area contributed by atoms with E-state index in [0.29, 0.717) is 25.2 Å². The Labute approximate surface area is 146 Å². The molecule has 24 heavy (non-hydrogen) atoms. The quantitative estimate of drug-likeness (QED) is 0.798. The number of rotatable bonds is 2. The van der Waals surface area contributed by atoms with Crippen molar-refractivity contribution in [2.75, 3.05) is 19.6 Å². The van der Waals surface area contributed by atoms with Crippen molar-refractivity contribution in [3.63, 3.8) is 0 Å². The van der Waals surface area contributed by atoms with Gasteiger partial charge in [0.05, 0.1) is 16.7 Å². The topological polar surface area (TPSA) is 81.5 Å². The predicted octanol–water partition coefficient (Wildman–Crippen LogP) is 1.84. The van der Waals surface area contributed by atoms with E-state index in [1.807, 2.05) is 6.07 Å². The summed E-state index contributed by atoms with van der Waals surface area (Å²) in [5.41, 5.74) is 0.319. The van der Waals surface area contributed by atoms with E-state index in [1.165, 1.54) is 29.4 Å². The fourth-order valence-electron chi connectivity index (χ4n) is 3.50. The molecule has 1 aromatic rings. The molecule has 0 N–H and O–H groups in total. The zero-order chi connectivity index (χ0) is 17.5. The summed E-state index contributed by atoms with van der Waals surface area (Å²) in [7, 11) is -3.77. The van der Waals surface area contributed by atoms with Gasteiger partial charge in [0.1, 0.15) is 4.90 Å². The second-order valence-electron chi connectivity index (χ2n) is 6.35. The molecule has 128 valence electrons. The molecule has 0 unspecified atom stereocenters. The van der Waals surface area contributed by atoms with Crippen LogP contribution in [0.4, 0.5) is 0 Å². The first-order chi connectivity index (χ1) is 11.3. The van der Waals surface area contributed by atoms with Gasteiger partial charge in [-0.05, 0) is 37.0 Å². The summed E-state index contributed by atoms with van der Waals surface area (Å²) < 4.78 is 27.6. The molecule has 3 aliphatic rings. The van der Waals surface area contributed by atoms with Crippen molar-refractivity contribution in [1.29, 1.82) is 5.26 Å². The summed E-state index contributed by atoms with van der Waals surface area (Å²) in [5, 5.41) is 8.96.